The van der Waals surface area contributed by atoms with Crippen molar-refractivity contribution in [2.75, 3.05) is 11.1 Å². The summed E-state index contributed by atoms with van der Waals surface area (Å²) in [6, 6.07) is 7.55. The summed E-state index contributed by atoms with van der Waals surface area (Å²) in [6.07, 6.45) is 1.63. The maximum Gasteiger partial charge on any atom is 0.257 e. The topological polar surface area (TPSA) is 68.0 Å². The van der Waals surface area contributed by atoms with Crippen LogP contribution in [0.25, 0.3) is 0 Å². The van der Waals surface area contributed by atoms with Crippen LogP contribution >= 0.6 is 0 Å². The first-order valence-corrected chi connectivity index (χ1v) is 5.36. The number of nitrogens with zero attached hydrogens (tertiary/aromatic N) is 1. The number of anilines is 2. The number of hydrogen-bond acceptors (Lipinski definition) is 3. The summed E-state index contributed by atoms with van der Waals surface area (Å²) < 4.78 is 13.2. The van der Waals surface area contributed by atoms with Gasteiger partial charge in [0.05, 0.1) is 22.6 Å². The zero-order valence-electron chi connectivity index (χ0n) is 9.77. The Morgan fingerprint density at radius 2 is 2.11 bits per heavy atom. The van der Waals surface area contributed by atoms with Gasteiger partial charge in [0.1, 0.15) is 5.82 Å². The van der Waals surface area contributed by atoms with Crippen molar-refractivity contribution < 1.29 is 9.18 Å². The van der Waals surface area contributed by atoms with Gasteiger partial charge in [0.15, 0.2) is 0 Å². The van der Waals surface area contributed by atoms with E-state index in [-0.39, 0.29) is 11.3 Å². The number of aromatic nitrogens is 1. The van der Waals surface area contributed by atoms with Gasteiger partial charge in [-0.1, -0.05) is 6.07 Å². The molecule has 0 spiro atoms. The number of aryl methyl sites for hydroxylation is 1. The molecule has 0 aliphatic rings. The lowest BCUT2D eigenvalue weighted by Crippen LogP contribution is -2.15. The number of hydrogen-bond donors (Lipinski definition) is 2. The Hall–Kier alpha value is -2.43. The molecule has 1 heterocycles. The molecule has 0 saturated carbocycles. The Morgan fingerprint density at radius 3 is 2.83 bits per heavy atom. The van der Waals surface area contributed by atoms with Gasteiger partial charge in [0, 0.05) is 6.20 Å². The Morgan fingerprint density at radius 1 is 1.33 bits per heavy atom. The zero-order valence-corrected chi connectivity index (χ0v) is 9.77. The maximum atomic E-state index is 13.2. The fraction of sp³-hybridized carbons (Fsp3) is 0.0769. The van der Waals surface area contributed by atoms with Crippen LogP contribution in [-0.4, -0.2) is 10.9 Å². The molecule has 1 aromatic carbocycles. The van der Waals surface area contributed by atoms with E-state index in [1.165, 1.54) is 18.2 Å². The zero-order chi connectivity index (χ0) is 13.1. The van der Waals surface area contributed by atoms with Crippen LogP contribution in [0.4, 0.5) is 15.8 Å². The summed E-state index contributed by atoms with van der Waals surface area (Å²) in [5.41, 5.74) is 6.73. The average Bonchev–Trinajstić information content (AvgIpc) is 2.35. The van der Waals surface area contributed by atoms with Crippen LogP contribution in [0.1, 0.15) is 16.1 Å². The molecule has 3 N–H and O–H groups in total. The molecule has 5 heteroatoms. The van der Waals surface area contributed by atoms with E-state index in [1.807, 2.05) is 0 Å². The summed E-state index contributed by atoms with van der Waals surface area (Å²) in [7, 11) is 0. The minimum absolute atomic E-state index is 0.109. The fourth-order valence-electron chi connectivity index (χ4n) is 1.54. The molecule has 0 aliphatic heterocycles. The van der Waals surface area contributed by atoms with E-state index in [2.05, 4.69) is 10.3 Å². The van der Waals surface area contributed by atoms with Gasteiger partial charge in [-0.05, 0) is 31.2 Å². The number of nitrogens with two attached hydrogens (primary N) is 1. The number of carbonyl (C=O) groups excluding carboxylic acids is 1. The van der Waals surface area contributed by atoms with Crippen LogP contribution in [0.5, 0.6) is 0 Å². The lowest BCUT2D eigenvalue weighted by molar-refractivity contribution is 0.102. The van der Waals surface area contributed by atoms with Crippen molar-refractivity contribution in [3.05, 3.63) is 53.6 Å². The number of halogens is 1. The highest BCUT2D eigenvalue weighted by molar-refractivity contribution is 6.07. The van der Waals surface area contributed by atoms with Crippen LogP contribution in [0.2, 0.25) is 0 Å². The Kier molecular flexibility index (Phi) is 3.23. The molecule has 0 aliphatic carbocycles. The molecule has 0 saturated heterocycles. The van der Waals surface area contributed by atoms with E-state index in [0.717, 1.165) is 0 Å². The molecule has 2 rings (SSSR count). The monoisotopic (exact) mass is 245 g/mol. The van der Waals surface area contributed by atoms with Gasteiger partial charge in [-0.3, -0.25) is 9.78 Å². The average molecular weight is 245 g/mol. The highest BCUT2D eigenvalue weighted by atomic mass is 19.1. The van der Waals surface area contributed by atoms with E-state index in [0.29, 0.717) is 11.4 Å². The Bertz CT molecular complexity index is 599. The van der Waals surface area contributed by atoms with E-state index < -0.39 is 11.7 Å². The van der Waals surface area contributed by atoms with Gasteiger partial charge in [-0.15, -0.1) is 0 Å². The van der Waals surface area contributed by atoms with Gasteiger partial charge in [-0.2, -0.15) is 0 Å². The Labute approximate surface area is 104 Å². The summed E-state index contributed by atoms with van der Waals surface area (Å²) in [5.74, 6) is -1.06. The third kappa shape index (κ3) is 2.29. The lowest BCUT2D eigenvalue weighted by Gasteiger charge is -2.09. The highest BCUT2D eigenvalue weighted by Crippen LogP contribution is 2.18. The van der Waals surface area contributed by atoms with Crippen molar-refractivity contribution in [3.8, 4) is 0 Å². The number of nitrogen functional groups attached to an aromatic ring is 1. The van der Waals surface area contributed by atoms with Crippen molar-refractivity contribution in [1.82, 2.24) is 4.98 Å². The molecular formula is C13H12FN3O. The van der Waals surface area contributed by atoms with Gasteiger partial charge in [0.25, 0.3) is 5.91 Å². The number of rotatable bonds is 2. The van der Waals surface area contributed by atoms with Gasteiger partial charge in [0.2, 0.25) is 0 Å². The van der Waals surface area contributed by atoms with Crippen LogP contribution in [-0.2, 0) is 0 Å². The van der Waals surface area contributed by atoms with Crippen molar-refractivity contribution in [2.45, 2.75) is 6.92 Å². The largest absolute Gasteiger partial charge is 0.396 e. The molecule has 1 amide bonds. The number of pyridine rings is 1. The maximum absolute atomic E-state index is 13.2. The molecule has 0 fully saturated rings. The summed E-state index contributed by atoms with van der Waals surface area (Å²) in [5, 5.41) is 2.65. The molecule has 1 aromatic heterocycles. The first-order chi connectivity index (χ1) is 8.59. The molecule has 2 aromatic rings. The minimum atomic E-state index is -0.606. The standard InChI is InChI=1S/C13H12FN3O/c1-8-11(6-3-7-16-8)17-13(18)9-4-2-5-10(14)12(9)15/h2-7H,15H2,1H3,(H,17,18). The van der Waals surface area contributed by atoms with E-state index in [9.17, 15) is 9.18 Å². The van der Waals surface area contributed by atoms with Crippen molar-refractivity contribution in [1.29, 1.82) is 0 Å². The van der Waals surface area contributed by atoms with Crippen LogP contribution in [0.3, 0.4) is 0 Å². The molecule has 0 atom stereocenters. The second kappa shape index (κ2) is 4.83. The highest BCUT2D eigenvalue weighted by Gasteiger charge is 2.13. The molecule has 92 valence electrons. The normalized spacial score (nSPS) is 10.1. The molecule has 0 radical (unpaired) electrons. The van der Waals surface area contributed by atoms with E-state index >= 15 is 0 Å². The van der Waals surface area contributed by atoms with Gasteiger partial charge in [-0.25, -0.2) is 4.39 Å². The molecule has 4 nitrogen and oxygen atoms in total. The van der Waals surface area contributed by atoms with Crippen molar-refractivity contribution in [2.24, 2.45) is 0 Å². The van der Waals surface area contributed by atoms with Crippen molar-refractivity contribution >= 4 is 17.3 Å². The number of carbonyl (C=O) groups is 1. The molecule has 18 heavy (non-hydrogen) atoms. The number of benzene rings is 1. The summed E-state index contributed by atoms with van der Waals surface area (Å²) in [4.78, 5) is 16.0. The number of para-hydroxylation sites is 1. The van der Waals surface area contributed by atoms with E-state index in [4.69, 9.17) is 5.73 Å². The summed E-state index contributed by atoms with van der Waals surface area (Å²) >= 11 is 0. The van der Waals surface area contributed by atoms with Gasteiger partial charge >= 0.3 is 0 Å². The Balaban J connectivity index is 2.28. The molecule has 0 bridgehead atoms. The minimum Gasteiger partial charge on any atom is -0.396 e. The van der Waals surface area contributed by atoms with E-state index in [1.54, 1.807) is 25.3 Å². The number of amides is 1. The fourth-order valence-corrected chi connectivity index (χ4v) is 1.54. The second-order valence-electron chi connectivity index (χ2n) is 3.79. The first-order valence-electron chi connectivity index (χ1n) is 5.36. The summed E-state index contributed by atoms with van der Waals surface area (Å²) in [6.45, 7) is 1.77. The van der Waals surface area contributed by atoms with Crippen LogP contribution in [0, 0.1) is 12.7 Å². The quantitative estimate of drug-likeness (QED) is 0.798. The lowest BCUT2D eigenvalue weighted by atomic mass is 10.1. The first kappa shape index (κ1) is 12.0. The third-order valence-electron chi connectivity index (χ3n) is 2.55. The molecule has 0 unspecified atom stereocenters. The second-order valence-corrected chi connectivity index (χ2v) is 3.79. The third-order valence-corrected chi connectivity index (χ3v) is 2.55. The van der Waals surface area contributed by atoms with Crippen LogP contribution < -0.4 is 11.1 Å². The van der Waals surface area contributed by atoms with Crippen molar-refractivity contribution in [3.63, 3.8) is 0 Å². The van der Waals surface area contributed by atoms with Crippen LogP contribution in [0.15, 0.2) is 36.5 Å². The number of nitrogens with one attached hydrogen (secondary N) is 1. The predicted octanol–water partition coefficient (Wildman–Crippen LogP) is 2.36. The SMILES string of the molecule is Cc1ncccc1NC(=O)c1cccc(F)c1N. The predicted molar refractivity (Wildman–Crippen MR) is 67.7 cm³/mol. The smallest absolute Gasteiger partial charge is 0.257 e. The molecular weight excluding hydrogens is 233 g/mol. The van der Waals surface area contributed by atoms with Gasteiger partial charge < -0.3 is 11.1 Å².